The van der Waals surface area contributed by atoms with Crippen molar-refractivity contribution in [3.05, 3.63) is 35.9 Å². The van der Waals surface area contributed by atoms with Crippen LogP contribution in [0.3, 0.4) is 0 Å². The number of likely N-dealkylation sites (tertiary alicyclic amines) is 1. The van der Waals surface area contributed by atoms with Crippen molar-refractivity contribution in [3.63, 3.8) is 0 Å². The number of ether oxygens (including phenoxy) is 1. The summed E-state index contributed by atoms with van der Waals surface area (Å²) in [5, 5.41) is 8.26. The van der Waals surface area contributed by atoms with Crippen molar-refractivity contribution in [3.8, 4) is 0 Å². The van der Waals surface area contributed by atoms with Crippen LogP contribution in [-0.4, -0.2) is 65.3 Å². The molecule has 1 saturated carbocycles. The van der Waals surface area contributed by atoms with E-state index < -0.39 is 41.8 Å². The van der Waals surface area contributed by atoms with E-state index in [1.807, 2.05) is 51.1 Å². The number of Topliss-reactive ketones (excluding diaryl/α,β-unsaturated/α-hetero) is 1. The number of alkyl carbamates (subject to hydrolysis) is 1. The molecule has 1 unspecified atom stereocenters. The molecule has 10 nitrogen and oxygen atoms in total. The Bertz CT molecular complexity index is 1090. The van der Waals surface area contributed by atoms with Gasteiger partial charge in [0, 0.05) is 6.54 Å². The zero-order valence-corrected chi connectivity index (χ0v) is 25.1. The van der Waals surface area contributed by atoms with Crippen LogP contribution >= 0.6 is 0 Å². The first-order valence-electron chi connectivity index (χ1n) is 14.9. The van der Waals surface area contributed by atoms with E-state index >= 15 is 0 Å². The van der Waals surface area contributed by atoms with Crippen LogP contribution in [0.15, 0.2) is 30.3 Å². The lowest BCUT2D eigenvalue weighted by atomic mass is 9.92. The van der Waals surface area contributed by atoms with E-state index in [0.717, 1.165) is 24.8 Å². The van der Waals surface area contributed by atoms with Crippen molar-refractivity contribution in [2.75, 3.05) is 6.54 Å². The van der Waals surface area contributed by atoms with Crippen LogP contribution in [0.5, 0.6) is 0 Å². The summed E-state index contributed by atoms with van der Waals surface area (Å²) < 4.78 is 5.20. The molecule has 0 spiro atoms. The summed E-state index contributed by atoms with van der Waals surface area (Å²) in [6.07, 6.45) is 2.51. The maximum absolute atomic E-state index is 13.8. The van der Waals surface area contributed by atoms with Crippen molar-refractivity contribution < 1.29 is 28.7 Å². The predicted molar refractivity (Wildman–Crippen MR) is 155 cm³/mol. The van der Waals surface area contributed by atoms with Crippen molar-refractivity contribution in [2.45, 2.75) is 104 Å². The molecule has 6 atom stereocenters. The highest BCUT2D eigenvalue weighted by molar-refractivity contribution is 6.38. The molecule has 226 valence electrons. The van der Waals surface area contributed by atoms with Crippen molar-refractivity contribution in [1.82, 2.24) is 20.9 Å². The molecule has 41 heavy (non-hydrogen) atoms. The minimum atomic E-state index is -1.01. The molecule has 1 aromatic rings. The molecule has 1 saturated heterocycles. The number of ketones is 1. The van der Waals surface area contributed by atoms with E-state index in [1.165, 1.54) is 0 Å². The van der Waals surface area contributed by atoms with Crippen LogP contribution in [0.25, 0.3) is 0 Å². The molecular weight excluding hydrogens is 524 g/mol. The molecule has 10 heteroatoms. The van der Waals surface area contributed by atoms with Crippen molar-refractivity contribution in [1.29, 1.82) is 0 Å². The molecule has 1 aliphatic carbocycles. The summed E-state index contributed by atoms with van der Waals surface area (Å²) in [6.45, 7) is 11.2. The number of benzene rings is 1. The summed E-state index contributed by atoms with van der Waals surface area (Å²) in [4.78, 5) is 67.7. The van der Waals surface area contributed by atoms with Crippen molar-refractivity contribution >= 4 is 29.6 Å². The normalized spacial score (nSPS) is 22.0. The molecule has 2 aliphatic rings. The van der Waals surface area contributed by atoms with E-state index in [0.29, 0.717) is 19.4 Å². The van der Waals surface area contributed by atoms with Crippen LogP contribution in [0.1, 0.15) is 85.3 Å². The van der Waals surface area contributed by atoms with E-state index in [9.17, 15) is 24.0 Å². The Kier molecular flexibility index (Phi) is 11.3. The lowest BCUT2D eigenvalue weighted by Gasteiger charge is -2.32. The quantitative estimate of drug-likeness (QED) is 0.330. The summed E-state index contributed by atoms with van der Waals surface area (Å²) >= 11 is 0. The fourth-order valence-electron chi connectivity index (χ4n) is 6.00. The number of hydrogen-bond acceptors (Lipinski definition) is 6. The molecule has 4 amide bonds. The van der Waals surface area contributed by atoms with E-state index in [4.69, 9.17) is 4.74 Å². The third-order valence-corrected chi connectivity index (χ3v) is 8.07. The fourth-order valence-corrected chi connectivity index (χ4v) is 6.00. The van der Waals surface area contributed by atoms with Gasteiger partial charge in [-0.3, -0.25) is 19.2 Å². The lowest BCUT2D eigenvalue weighted by molar-refractivity contribution is -0.144. The monoisotopic (exact) mass is 570 g/mol. The maximum Gasteiger partial charge on any atom is 0.408 e. The number of nitrogens with one attached hydrogen (secondary N) is 3. The Morgan fingerprint density at radius 1 is 0.951 bits per heavy atom. The second kappa shape index (κ2) is 14.5. The number of fused-ring (bicyclic) bond motifs is 1. The van der Waals surface area contributed by atoms with E-state index in [-0.39, 0.29) is 35.8 Å². The van der Waals surface area contributed by atoms with Gasteiger partial charge in [0.05, 0.1) is 18.2 Å². The Labute approximate surface area is 243 Å². The third kappa shape index (κ3) is 8.07. The second-order valence-corrected chi connectivity index (χ2v) is 11.9. The molecule has 3 rings (SSSR count). The maximum atomic E-state index is 13.8. The smallest absolute Gasteiger partial charge is 0.408 e. The highest BCUT2D eigenvalue weighted by Crippen LogP contribution is 2.42. The van der Waals surface area contributed by atoms with Crippen LogP contribution in [-0.2, 0) is 23.9 Å². The average Bonchev–Trinajstić information content (AvgIpc) is 3.52. The Morgan fingerprint density at radius 3 is 2.24 bits per heavy atom. The molecule has 0 aromatic heterocycles. The topological polar surface area (TPSA) is 134 Å². The zero-order valence-electron chi connectivity index (χ0n) is 25.1. The van der Waals surface area contributed by atoms with E-state index in [1.54, 1.807) is 25.7 Å². The van der Waals surface area contributed by atoms with Gasteiger partial charge in [0.2, 0.25) is 17.6 Å². The summed E-state index contributed by atoms with van der Waals surface area (Å²) in [7, 11) is 0. The van der Waals surface area contributed by atoms with Gasteiger partial charge < -0.3 is 25.6 Å². The Balaban J connectivity index is 1.76. The van der Waals surface area contributed by atoms with Gasteiger partial charge in [-0.2, -0.15) is 0 Å². The van der Waals surface area contributed by atoms with Gasteiger partial charge in [0.15, 0.2) is 0 Å². The van der Waals surface area contributed by atoms with Gasteiger partial charge >= 0.3 is 6.09 Å². The summed E-state index contributed by atoms with van der Waals surface area (Å²) in [6, 6.07) is 6.29. The third-order valence-electron chi connectivity index (χ3n) is 8.07. The highest BCUT2D eigenvalue weighted by Gasteiger charge is 2.51. The van der Waals surface area contributed by atoms with Crippen LogP contribution in [0.4, 0.5) is 4.79 Å². The SMILES string of the molecule is CCCC(NC(=O)[C@@H]1[C@@H]2CCC[C@@H]2CN1C(=O)[C@@H](NC(=O)OC(C)C)C(C)C)C(=O)C(=O)N[C@@H](C)c1ccccc1. The predicted octanol–water partition coefficient (Wildman–Crippen LogP) is 3.50. The number of carbonyl (C=O) groups is 5. The Morgan fingerprint density at radius 2 is 1.63 bits per heavy atom. The van der Waals surface area contributed by atoms with Gasteiger partial charge in [0.25, 0.3) is 5.91 Å². The highest BCUT2D eigenvalue weighted by atomic mass is 16.6. The minimum Gasteiger partial charge on any atom is -0.447 e. The standard InChI is InChI=1S/C31H46N4O6/c1-7-12-24(27(36)29(38)32-20(6)21-13-9-8-10-14-21)33-28(37)26-23-16-11-15-22(23)17-35(26)30(39)25(18(2)3)34-31(40)41-19(4)5/h8-10,13-14,18-20,22-26H,7,11-12,15-17H2,1-6H3,(H,32,38)(H,33,37)(H,34,40)/t20-,22+,23+,24?,25-,26-/m0/s1. The molecule has 0 radical (unpaired) electrons. The first-order valence-corrected chi connectivity index (χ1v) is 14.9. The molecule has 3 N–H and O–H groups in total. The number of rotatable bonds is 12. The van der Waals surface area contributed by atoms with Crippen LogP contribution in [0.2, 0.25) is 0 Å². The van der Waals surface area contributed by atoms with Gasteiger partial charge in [-0.15, -0.1) is 0 Å². The zero-order chi connectivity index (χ0) is 30.3. The summed E-state index contributed by atoms with van der Waals surface area (Å²) in [5.41, 5.74) is 0.864. The molecule has 1 aromatic carbocycles. The summed E-state index contributed by atoms with van der Waals surface area (Å²) in [5.74, 6) is -2.36. The van der Waals surface area contributed by atoms with Gasteiger partial charge in [-0.25, -0.2) is 4.79 Å². The first kappa shape index (κ1) is 32.1. The van der Waals surface area contributed by atoms with Gasteiger partial charge in [-0.1, -0.05) is 63.9 Å². The van der Waals surface area contributed by atoms with E-state index in [2.05, 4.69) is 16.0 Å². The molecule has 0 bridgehead atoms. The van der Waals surface area contributed by atoms with Gasteiger partial charge in [0.1, 0.15) is 12.1 Å². The molecule has 1 heterocycles. The average molecular weight is 571 g/mol. The number of amides is 4. The number of carbonyl (C=O) groups excluding carboxylic acids is 5. The fraction of sp³-hybridized carbons (Fsp3) is 0.645. The lowest BCUT2D eigenvalue weighted by Crippen LogP contribution is -2.58. The second-order valence-electron chi connectivity index (χ2n) is 11.9. The number of nitrogens with zero attached hydrogens (tertiary/aromatic N) is 1. The van der Waals surface area contributed by atoms with Crippen molar-refractivity contribution in [2.24, 2.45) is 17.8 Å². The first-order chi connectivity index (χ1) is 19.4. The van der Waals surface area contributed by atoms with Gasteiger partial charge in [-0.05, 0) is 63.4 Å². The largest absolute Gasteiger partial charge is 0.447 e. The van der Waals surface area contributed by atoms with Crippen LogP contribution < -0.4 is 16.0 Å². The van der Waals surface area contributed by atoms with Crippen LogP contribution in [0, 0.1) is 17.8 Å². The minimum absolute atomic E-state index is 0.0429. The molecular formula is C31H46N4O6. The molecule has 2 fully saturated rings. The molecule has 1 aliphatic heterocycles. The number of hydrogen-bond donors (Lipinski definition) is 3. The Hall–Kier alpha value is -3.43.